The first kappa shape index (κ1) is 18.4. The number of hydrogen-bond donors (Lipinski definition) is 1. The van der Waals surface area contributed by atoms with Crippen LogP contribution in [0.1, 0.15) is 47.8 Å². The first-order valence-corrected chi connectivity index (χ1v) is 10.2. The molecule has 2 aliphatic rings. The minimum Gasteiger partial charge on any atom is -0.343 e. The molecule has 0 aromatic heterocycles. The van der Waals surface area contributed by atoms with Crippen LogP contribution >= 0.6 is 0 Å². The summed E-state index contributed by atoms with van der Waals surface area (Å²) in [7, 11) is -2.03. The molecule has 2 aromatic rings. The SMILES string of the molecule is C/C(=N\N(C)C1=NS(=O)(=O)c2ccccc21)c1ccc2c(c1)C(C)(C)NC2=O. The fourth-order valence-electron chi connectivity index (χ4n) is 3.55. The van der Waals surface area contributed by atoms with Crippen molar-refractivity contribution in [2.24, 2.45) is 9.50 Å². The molecule has 2 aliphatic heterocycles. The number of benzene rings is 2. The van der Waals surface area contributed by atoms with Crippen LogP contribution in [0.2, 0.25) is 0 Å². The lowest BCUT2D eigenvalue weighted by molar-refractivity contribution is 0.0940. The third-order valence-corrected chi connectivity index (χ3v) is 6.33. The summed E-state index contributed by atoms with van der Waals surface area (Å²) < 4.78 is 28.4. The minimum atomic E-state index is -3.70. The molecule has 0 saturated carbocycles. The summed E-state index contributed by atoms with van der Waals surface area (Å²) in [5.74, 6) is 0.202. The van der Waals surface area contributed by atoms with Crippen molar-refractivity contribution in [3.05, 3.63) is 64.7 Å². The zero-order valence-corrected chi connectivity index (χ0v) is 16.8. The average Bonchev–Trinajstić information content (AvgIpc) is 3.05. The van der Waals surface area contributed by atoms with E-state index in [1.807, 2.05) is 32.9 Å². The maximum atomic E-state index is 12.3. The molecule has 0 aliphatic carbocycles. The van der Waals surface area contributed by atoms with Crippen LogP contribution in [0.4, 0.5) is 0 Å². The van der Waals surface area contributed by atoms with Gasteiger partial charge in [-0.15, -0.1) is 4.40 Å². The molecule has 0 fully saturated rings. The molecule has 0 radical (unpaired) electrons. The number of hydrazone groups is 1. The highest BCUT2D eigenvalue weighted by atomic mass is 32.2. The highest BCUT2D eigenvalue weighted by Gasteiger charge is 2.35. The number of carbonyl (C=O) groups excluding carboxylic acids is 1. The van der Waals surface area contributed by atoms with Gasteiger partial charge in [0.05, 0.1) is 11.3 Å². The van der Waals surface area contributed by atoms with Crippen LogP contribution in [0.5, 0.6) is 0 Å². The third kappa shape index (κ3) is 2.80. The maximum Gasteiger partial charge on any atom is 0.285 e. The van der Waals surface area contributed by atoms with E-state index in [4.69, 9.17) is 0 Å². The van der Waals surface area contributed by atoms with E-state index in [0.29, 0.717) is 16.8 Å². The molecule has 0 saturated heterocycles. The molecule has 7 nitrogen and oxygen atoms in total. The van der Waals surface area contributed by atoms with Gasteiger partial charge in [-0.3, -0.25) is 4.79 Å². The van der Waals surface area contributed by atoms with Crippen molar-refractivity contribution in [1.82, 2.24) is 10.3 Å². The van der Waals surface area contributed by atoms with E-state index < -0.39 is 15.6 Å². The predicted molar refractivity (Wildman–Crippen MR) is 107 cm³/mol. The second kappa shape index (κ2) is 6.00. The molecule has 0 atom stereocenters. The van der Waals surface area contributed by atoms with Crippen LogP contribution in [0.25, 0.3) is 0 Å². The van der Waals surface area contributed by atoms with Gasteiger partial charge in [0.2, 0.25) is 0 Å². The van der Waals surface area contributed by atoms with Gasteiger partial charge in [0.25, 0.3) is 15.9 Å². The van der Waals surface area contributed by atoms with Crippen LogP contribution in [-0.2, 0) is 15.6 Å². The Morgan fingerprint density at radius 1 is 1.14 bits per heavy atom. The average molecular weight is 396 g/mol. The molecular formula is C20H20N4O3S. The van der Waals surface area contributed by atoms with Crippen molar-refractivity contribution in [3.63, 3.8) is 0 Å². The third-order valence-electron chi connectivity index (χ3n) is 5.00. The molecule has 1 amide bonds. The van der Waals surface area contributed by atoms with Crippen LogP contribution in [-0.4, -0.2) is 37.9 Å². The molecule has 0 spiro atoms. The number of carbonyl (C=O) groups is 1. The Hall–Kier alpha value is -3.00. The second-order valence-electron chi connectivity index (χ2n) is 7.43. The molecule has 28 heavy (non-hydrogen) atoms. The van der Waals surface area contributed by atoms with Gasteiger partial charge in [0.15, 0.2) is 5.84 Å². The summed E-state index contributed by atoms with van der Waals surface area (Å²) >= 11 is 0. The van der Waals surface area contributed by atoms with Gasteiger partial charge in [0, 0.05) is 18.2 Å². The molecule has 8 heteroatoms. The Balaban J connectivity index is 1.71. The molecule has 2 heterocycles. The summed E-state index contributed by atoms with van der Waals surface area (Å²) in [5.41, 5.74) is 3.20. The first-order valence-electron chi connectivity index (χ1n) is 8.81. The summed E-state index contributed by atoms with van der Waals surface area (Å²) in [6.45, 7) is 5.74. The van der Waals surface area contributed by atoms with E-state index in [-0.39, 0.29) is 16.6 Å². The predicted octanol–water partition coefficient (Wildman–Crippen LogP) is 2.47. The quantitative estimate of drug-likeness (QED) is 0.624. The Morgan fingerprint density at radius 3 is 2.61 bits per heavy atom. The number of nitrogens with zero attached hydrogens (tertiary/aromatic N) is 3. The zero-order chi connectivity index (χ0) is 20.3. The van der Waals surface area contributed by atoms with Crippen molar-refractivity contribution in [3.8, 4) is 0 Å². The van der Waals surface area contributed by atoms with E-state index in [1.54, 1.807) is 31.3 Å². The Bertz CT molecular complexity index is 1180. The van der Waals surface area contributed by atoms with E-state index in [2.05, 4.69) is 14.8 Å². The largest absolute Gasteiger partial charge is 0.343 e. The zero-order valence-electron chi connectivity index (χ0n) is 16.0. The molecule has 0 unspecified atom stereocenters. The summed E-state index contributed by atoms with van der Waals surface area (Å²) in [5, 5.41) is 8.96. The lowest BCUT2D eigenvalue weighted by Gasteiger charge is -2.20. The smallest absolute Gasteiger partial charge is 0.285 e. The van der Waals surface area contributed by atoms with E-state index >= 15 is 0 Å². The van der Waals surface area contributed by atoms with Crippen LogP contribution < -0.4 is 5.32 Å². The standard InChI is InChI=1S/C20H20N4O3S/c1-12(13-9-10-14-16(11-13)20(2,3)21-19(14)25)22-24(4)18-15-7-5-6-8-17(15)28(26,27)23-18/h5-11H,1-4H3,(H,21,25)/b22-12+. The molecule has 4 rings (SSSR count). The van der Waals surface area contributed by atoms with Crippen LogP contribution in [0.15, 0.2) is 56.9 Å². The lowest BCUT2D eigenvalue weighted by Crippen LogP contribution is -2.32. The summed E-state index contributed by atoms with van der Waals surface area (Å²) in [4.78, 5) is 12.3. The summed E-state index contributed by atoms with van der Waals surface area (Å²) in [6.07, 6.45) is 0. The highest BCUT2D eigenvalue weighted by Crippen LogP contribution is 2.31. The van der Waals surface area contributed by atoms with Gasteiger partial charge in [0.1, 0.15) is 4.90 Å². The molecule has 144 valence electrons. The number of amidine groups is 1. The monoisotopic (exact) mass is 396 g/mol. The maximum absolute atomic E-state index is 12.3. The Labute approximate surface area is 163 Å². The molecule has 1 N–H and O–H groups in total. The van der Waals surface area contributed by atoms with Crippen molar-refractivity contribution >= 4 is 27.5 Å². The molecule has 2 aromatic carbocycles. The Kier molecular flexibility index (Phi) is 3.94. The van der Waals surface area contributed by atoms with E-state index in [9.17, 15) is 13.2 Å². The van der Waals surface area contributed by atoms with Crippen molar-refractivity contribution in [2.75, 3.05) is 7.05 Å². The van der Waals surface area contributed by atoms with E-state index in [0.717, 1.165) is 11.1 Å². The van der Waals surface area contributed by atoms with Crippen LogP contribution in [0.3, 0.4) is 0 Å². The number of fused-ring (bicyclic) bond motifs is 2. The number of sulfonamides is 1. The first-order chi connectivity index (χ1) is 13.1. The lowest BCUT2D eigenvalue weighted by atomic mass is 9.92. The van der Waals surface area contributed by atoms with Gasteiger partial charge in [-0.2, -0.15) is 13.5 Å². The number of rotatable bonds is 2. The van der Waals surface area contributed by atoms with Gasteiger partial charge < -0.3 is 5.32 Å². The normalized spacial score (nSPS) is 18.9. The number of amides is 1. The van der Waals surface area contributed by atoms with Crippen LogP contribution in [0, 0.1) is 0 Å². The fourth-order valence-corrected chi connectivity index (χ4v) is 4.79. The topological polar surface area (TPSA) is 91.2 Å². The van der Waals surface area contributed by atoms with Gasteiger partial charge in [-0.05, 0) is 56.2 Å². The Morgan fingerprint density at radius 2 is 1.86 bits per heavy atom. The van der Waals surface area contributed by atoms with Crippen molar-refractivity contribution < 1.29 is 13.2 Å². The highest BCUT2D eigenvalue weighted by molar-refractivity contribution is 7.90. The van der Waals surface area contributed by atoms with Gasteiger partial charge >= 0.3 is 0 Å². The second-order valence-corrected chi connectivity index (χ2v) is 9.01. The molecular weight excluding hydrogens is 376 g/mol. The van der Waals surface area contributed by atoms with Gasteiger partial charge in [-0.25, -0.2) is 5.01 Å². The minimum absolute atomic E-state index is 0.0830. The number of hydrogen-bond acceptors (Lipinski definition) is 5. The fraction of sp³-hybridized carbons (Fsp3) is 0.250. The van der Waals surface area contributed by atoms with Crippen molar-refractivity contribution in [2.45, 2.75) is 31.2 Å². The van der Waals surface area contributed by atoms with Crippen molar-refractivity contribution in [1.29, 1.82) is 0 Å². The number of nitrogens with one attached hydrogen (secondary N) is 1. The molecule has 0 bridgehead atoms. The van der Waals surface area contributed by atoms with E-state index in [1.165, 1.54) is 11.1 Å². The summed E-state index contributed by atoms with van der Waals surface area (Å²) in [6, 6.07) is 12.3. The van der Waals surface area contributed by atoms with Gasteiger partial charge in [-0.1, -0.05) is 18.2 Å².